The molecule has 1 atom stereocenters. The summed E-state index contributed by atoms with van der Waals surface area (Å²) in [6.07, 6.45) is 2.30. The molecule has 0 bridgehead atoms. The van der Waals surface area contributed by atoms with Gasteiger partial charge in [-0.1, -0.05) is 12.1 Å². The second kappa shape index (κ2) is 5.27. The third-order valence-electron chi connectivity index (χ3n) is 1.89. The molecule has 0 saturated carbocycles. The van der Waals surface area contributed by atoms with Gasteiger partial charge in [0.2, 0.25) is 0 Å². The number of halogens is 2. The molecule has 3 heteroatoms. The lowest BCUT2D eigenvalue weighted by molar-refractivity contribution is 0.178. The van der Waals surface area contributed by atoms with E-state index < -0.39 is 6.10 Å². The molecule has 0 spiro atoms. The zero-order valence-corrected chi connectivity index (χ0v) is 9.30. The first kappa shape index (κ1) is 11.4. The van der Waals surface area contributed by atoms with Crippen LogP contribution in [-0.4, -0.2) is 11.2 Å². The van der Waals surface area contributed by atoms with Gasteiger partial charge in [-0.05, 0) is 46.5 Å². The second-order valence-electron chi connectivity index (χ2n) is 3.13. The summed E-state index contributed by atoms with van der Waals surface area (Å²) >= 11 is 3.10. The van der Waals surface area contributed by atoms with Crippen LogP contribution in [0.1, 0.15) is 12.0 Å². The third kappa shape index (κ3) is 3.24. The molecule has 1 rings (SSSR count). The number of aliphatic hydroxyl groups is 1. The highest BCUT2D eigenvalue weighted by molar-refractivity contribution is 9.10. The monoisotopic (exact) mass is 258 g/mol. The lowest BCUT2D eigenvalue weighted by atomic mass is 10.1. The minimum Gasteiger partial charge on any atom is -0.392 e. The Morgan fingerprint density at radius 3 is 2.86 bits per heavy atom. The van der Waals surface area contributed by atoms with Crippen molar-refractivity contribution in [3.63, 3.8) is 0 Å². The Labute approximate surface area is 91.4 Å². The lowest BCUT2D eigenvalue weighted by Gasteiger charge is -2.08. The van der Waals surface area contributed by atoms with Gasteiger partial charge < -0.3 is 5.11 Å². The Kier molecular flexibility index (Phi) is 4.29. The van der Waals surface area contributed by atoms with E-state index in [0.717, 1.165) is 5.56 Å². The summed E-state index contributed by atoms with van der Waals surface area (Å²) in [5.41, 5.74) is 0.910. The maximum atomic E-state index is 12.9. The van der Waals surface area contributed by atoms with Crippen LogP contribution in [0.5, 0.6) is 0 Å². The highest BCUT2D eigenvalue weighted by Gasteiger charge is 2.05. The van der Waals surface area contributed by atoms with E-state index in [9.17, 15) is 9.50 Å². The number of benzene rings is 1. The lowest BCUT2D eigenvalue weighted by Crippen LogP contribution is -2.08. The summed E-state index contributed by atoms with van der Waals surface area (Å²) in [5, 5.41) is 9.48. The van der Waals surface area contributed by atoms with Gasteiger partial charge in [-0.25, -0.2) is 4.39 Å². The maximum Gasteiger partial charge on any atom is 0.137 e. The van der Waals surface area contributed by atoms with E-state index >= 15 is 0 Å². The van der Waals surface area contributed by atoms with Gasteiger partial charge in [0.25, 0.3) is 0 Å². The SMILES string of the molecule is C=CCC(O)Cc1ccc(F)c(Br)c1. The highest BCUT2D eigenvalue weighted by Crippen LogP contribution is 2.18. The first-order chi connectivity index (χ1) is 6.63. The van der Waals surface area contributed by atoms with Gasteiger partial charge in [0, 0.05) is 0 Å². The summed E-state index contributed by atoms with van der Waals surface area (Å²) in [6, 6.07) is 4.74. The van der Waals surface area contributed by atoms with E-state index in [2.05, 4.69) is 22.5 Å². The van der Waals surface area contributed by atoms with Crippen molar-refractivity contribution in [1.29, 1.82) is 0 Å². The largest absolute Gasteiger partial charge is 0.392 e. The second-order valence-corrected chi connectivity index (χ2v) is 3.99. The van der Waals surface area contributed by atoms with Crippen LogP contribution < -0.4 is 0 Å². The molecule has 0 aliphatic rings. The van der Waals surface area contributed by atoms with Crippen LogP contribution in [0.15, 0.2) is 35.3 Å². The minimum atomic E-state index is -0.440. The number of aliphatic hydroxyl groups excluding tert-OH is 1. The quantitative estimate of drug-likeness (QED) is 0.824. The summed E-state index contributed by atoms with van der Waals surface area (Å²) < 4.78 is 13.3. The molecule has 0 aromatic heterocycles. The zero-order chi connectivity index (χ0) is 10.6. The van der Waals surface area contributed by atoms with E-state index in [1.165, 1.54) is 6.07 Å². The Bertz CT molecular complexity index is 325. The summed E-state index contributed by atoms with van der Waals surface area (Å²) in [7, 11) is 0. The molecule has 0 aliphatic heterocycles. The molecule has 0 fully saturated rings. The van der Waals surface area contributed by atoms with Crippen LogP contribution >= 0.6 is 15.9 Å². The Morgan fingerprint density at radius 2 is 2.29 bits per heavy atom. The number of hydrogen-bond acceptors (Lipinski definition) is 1. The van der Waals surface area contributed by atoms with Gasteiger partial charge in [-0.2, -0.15) is 0 Å². The molecule has 1 nitrogen and oxygen atoms in total. The first-order valence-electron chi connectivity index (χ1n) is 4.36. The fraction of sp³-hybridized carbons (Fsp3) is 0.273. The van der Waals surface area contributed by atoms with Crippen LogP contribution in [-0.2, 0) is 6.42 Å². The van der Waals surface area contributed by atoms with Crippen LogP contribution in [0.3, 0.4) is 0 Å². The third-order valence-corrected chi connectivity index (χ3v) is 2.50. The fourth-order valence-electron chi connectivity index (χ4n) is 1.21. The topological polar surface area (TPSA) is 20.2 Å². The molecule has 0 saturated heterocycles. The van der Waals surface area contributed by atoms with Gasteiger partial charge in [0.15, 0.2) is 0 Å². The van der Waals surface area contributed by atoms with Crippen LogP contribution in [0.4, 0.5) is 4.39 Å². The Morgan fingerprint density at radius 1 is 1.57 bits per heavy atom. The predicted octanol–water partition coefficient (Wildman–Crippen LogP) is 3.07. The molecule has 0 heterocycles. The molecule has 76 valence electrons. The van der Waals surface area contributed by atoms with E-state index in [4.69, 9.17) is 0 Å². The minimum absolute atomic E-state index is 0.285. The standard InChI is InChI=1S/C11H12BrFO/c1-2-3-9(14)6-8-4-5-11(13)10(12)7-8/h2,4-5,7,9,14H,1,3,6H2. The highest BCUT2D eigenvalue weighted by atomic mass is 79.9. The first-order valence-corrected chi connectivity index (χ1v) is 5.15. The fourth-order valence-corrected chi connectivity index (χ4v) is 1.64. The molecule has 0 amide bonds. The van der Waals surface area contributed by atoms with Crippen molar-refractivity contribution >= 4 is 15.9 Å². The predicted molar refractivity (Wildman–Crippen MR) is 58.6 cm³/mol. The average molecular weight is 259 g/mol. The van der Waals surface area contributed by atoms with E-state index in [1.54, 1.807) is 18.2 Å². The van der Waals surface area contributed by atoms with Crippen molar-refractivity contribution in [3.05, 3.63) is 46.7 Å². The Hall–Kier alpha value is -0.670. The molecule has 1 unspecified atom stereocenters. The average Bonchev–Trinajstić information content (AvgIpc) is 2.12. The molecular weight excluding hydrogens is 247 g/mol. The number of hydrogen-bond donors (Lipinski definition) is 1. The summed E-state index contributed by atoms with van der Waals surface area (Å²) in [5.74, 6) is -0.285. The Balaban J connectivity index is 2.67. The van der Waals surface area contributed by atoms with Crippen molar-refractivity contribution in [1.82, 2.24) is 0 Å². The molecule has 14 heavy (non-hydrogen) atoms. The van der Waals surface area contributed by atoms with E-state index in [1.807, 2.05) is 0 Å². The zero-order valence-electron chi connectivity index (χ0n) is 7.71. The normalized spacial score (nSPS) is 12.5. The summed E-state index contributed by atoms with van der Waals surface area (Å²) in [6.45, 7) is 3.54. The smallest absolute Gasteiger partial charge is 0.137 e. The van der Waals surface area contributed by atoms with E-state index in [-0.39, 0.29) is 5.82 Å². The van der Waals surface area contributed by atoms with Crippen molar-refractivity contribution in [2.24, 2.45) is 0 Å². The molecule has 1 N–H and O–H groups in total. The van der Waals surface area contributed by atoms with Crippen LogP contribution in [0.25, 0.3) is 0 Å². The molecule has 0 aliphatic carbocycles. The summed E-state index contributed by atoms with van der Waals surface area (Å²) in [4.78, 5) is 0. The van der Waals surface area contributed by atoms with E-state index in [0.29, 0.717) is 17.3 Å². The van der Waals surface area contributed by atoms with Gasteiger partial charge in [0.1, 0.15) is 5.82 Å². The van der Waals surface area contributed by atoms with Gasteiger partial charge in [-0.15, -0.1) is 6.58 Å². The number of rotatable bonds is 4. The molecular formula is C11H12BrFO. The van der Waals surface area contributed by atoms with Crippen molar-refractivity contribution < 1.29 is 9.50 Å². The van der Waals surface area contributed by atoms with Gasteiger partial charge in [0.05, 0.1) is 10.6 Å². The van der Waals surface area contributed by atoms with Crippen molar-refractivity contribution in [2.45, 2.75) is 18.9 Å². The van der Waals surface area contributed by atoms with Crippen LogP contribution in [0, 0.1) is 5.82 Å². The maximum absolute atomic E-state index is 12.9. The van der Waals surface area contributed by atoms with Gasteiger partial charge >= 0.3 is 0 Å². The molecule has 1 aromatic rings. The molecule has 0 radical (unpaired) electrons. The van der Waals surface area contributed by atoms with Gasteiger partial charge in [-0.3, -0.25) is 0 Å². The van der Waals surface area contributed by atoms with Crippen LogP contribution in [0.2, 0.25) is 0 Å². The van der Waals surface area contributed by atoms with Crippen molar-refractivity contribution in [2.75, 3.05) is 0 Å². The molecule has 1 aromatic carbocycles. The van der Waals surface area contributed by atoms with Crippen molar-refractivity contribution in [3.8, 4) is 0 Å².